The number of hydrogen-bond donors (Lipinski definition) is 3. The van der Waals surface area contributed by atoms with Crippen LogP contribution in [0.4, 0.5) is 0 Å². The third-order valence-electron chi connectivity index (χ3n) is 5.61. The molecule has 0 aliphatic carbocycles. The first-order valence-electron chi connectivity index (χ1n) is 12.6. The van der Waals surface area contributed by atoms with Gasteiger partial charge in [0.15, 0.2) is 5.12 Å². The summed E-state index contributed by atoms with van der Waals surface area (Å²) in [4.78, 5) is 68.3. The van der Waals surface area contributed by atoms with E-state index < -0.39 is 29.9 Å². The van der Waals surface area contributed by atoms with Crippen LogP contribution < -0.4 is 16.0 Å². The van der Waals surface area contributed by atoms with Crippen molar-refractivity contribution in [1.29, 1.82) is 0 Å². The van der Waals surface area contributed by atoms with E-state index in [0.29, 0.717) is 24.3 Å². The van der Waals surface area contributed by atoms with Gasteiger partial charge in [-0.25, -0.2) is 9.78 Å². The lowest BCUT2D eigenvalue weighted by Gasteiger charge is -2.24. The predicted octanol–water partition coefficient (Wildman–Crippen LogP) is 2.78. The number of fused-ring (bicyclic) bond motifs is 2. The van der Waals surface area contributed by atoms with E-state index in [1.807, 2.05) is 12.3 Å². The SMILES string of the molecule is C/C=C1\NC(=O)c2cc(SC)cc(n2)CCNC(=O)C[C@@H](/C=C/CCSC(C)=O)OC(=O)[C@H](C(C)C)NC1=O. The van der Waals surface area contributed by atoms with Crippen LogP contribution >= 0.6 is 23.5 Å². The second-order valence-electron chi connectivity index (χ2n) is 9.07. The second-order valence-corrected chi connectivity index (χ2v) is 11.2. The van der Waals surface area contributed by atoms with Gasteiger partial charge in [0.1, 0.15) is 23.5 Å². The second kappa shape index (κ2) is 16.1. The van der Waals surface area contributed by atoms with Gasteiger partial charge in [0.25, 0.3) is 11.8 Å². The molecule has 1 aromatic rings. The van der Waals surface area contributed by atoms with Gasteiger partial charge in [-0.05, 0) is 43.7 Å². The van der Waals surface area contributed by atoms with Gasteiger partial charge in [0.2, 0.25) is 5.91 Å². The molecule has 39 heavy (non-hydrogen) atoms. The lowest BCUT2D eigenvalue weighted by atomic mass is 10.0. The van der Waals surface area contributed by atoms with Crippen molar-refractivity contribution in [2.45, 2.75) is 64.0 Å². The summed E-state index contributed by atoms with van der Waals surface area (Å²) in [6.45, 7) is 6.85. The van der Waals surface area contributed by atoms with Gasteiger partial charge in [-0.3, -0.25) is 19.2 Å². The summed E-state index contributed by atoms with van der Waals surface area (Å²) in [5, 5.41) is 8.05. The maximum atomic E-state index is 13.1. The molecule has 3 N–H and O–H groups in total. The fourth-order valence-corrected chi connectivity index (χ4v) is 4.59. The topological polar surface area (TPSA) is 144 Å². The summed E-state index contributed by atoms with van der Waals surface area (Å²) >= 11 is 2.63. The van der Waals surface area contributed by atoms with Crippen molar-refractivity contribution >= 4 is 52.3 Å². The molecule has 1 aliphatic rings. The maximum Gasteiger partial charge on any atom is 0.329 e. The third kappa shape index (κ3) is 10.9. The Kier molecular flexibility index (Phi) is 13.2. The molecule has 0 fully saturated rings. The highest BCUT2D eigenvalue weighted by Crippen LogP contribution is 2.18. The molecule has 1 aliphatic heterocycles. The number of aromatic nitrogens is 1. The molecule has 0 saturated carbocycles. The van der Waals surface area contributed by atoms with Crippen LogP contribution in [0, 0.1) is 5.92 Å². The number of carbonyl (C=O) groups excluding carboxylic acids is 5. The van der Waals surface area contributed by atoms with Crippen LogP contribution in [0.3, 0.4) is 0 Å². The number of ether oxygens (including phenoxy) is 1. The molecule has 0 spiro atoms. The zero-order valence-corrected chi connectivity index (χ0v) is 24.5. The molecule has 0 aromatic carbocycles. The van der Waals surface area contributed by atoms with E-state index in [4.69, 9.17) is 4.74 Å². The van der Waals surface area contributed by atoms with Crippen LogP contribution in [0.1, 0.15) is 56.7 Å². The molecule has 0 radical (unpaired) electrons. The minimum Gasteiger partial charge on any atom is -0.456 e. The fourth-order valence-electron chi connectivity index (χ4n) is 3.56. The van der Waals surface area contributed by atoms with E-state index in [1.165, 1.54) is 36.5 Å². The average Bonchev–Trinajstić information content (AvgIpc) is 2.88. The lowest BCUT2D eigenvalue weighted by Crippen LogP contribution is -2.48. The quantitative estimate of drug-likeness (QED) is 0.153. The zero-order chi connectivity index (χ0) is 28.9. The van der Waals surface area contributed by atoms with Gasteiger partial charge in [-0.2, -0.15) is 0 Å². The van der Waals surface area contributed by atoms with Gasteiger partial charge >= 0.3 is 5.97 Å². The first-order valence-corrected chi connectivity index (χ1v) is 14.9. The normalized spacial score (nSPS) is 20.8. The Morgan fingerprint density at radius 3 is 2.59 bits per heavy atom. The van der Waals surface area contributed by atoms with E-state index in [-0.39, 0.29) is 41.3 Å². The van der Waals surface area contributed by atoms with Crippen molar-refractivity contribution in [2.24, 2.45) is 5.92 Å². The first kappa shape index (κ1) is 32.1. The highest BCUT2D eigenvalue weighted by Gasteiger charge is 2.30. The third-order valence-corrected chi connectivity index (χ3v) is 7.16. The molecule has 1 aromatic heterocycles. The van der Waals surface area contributed by atoms with Gasteiger partial charge in [-0.1, -0.05) is 37.8 Å². The van der Waals surface area contributed by atoms with Crippen LogP contribution in [0.5, 0.6) is 0 Å². The highest BCUT2D eigenvalue weighted by molar-refractivity contribution is 8.13. The summed E-state index contributed by atoms with van der Waals surface area (Å²) < 4.78 is 5.66. The number of amides is 3. The van der Waals surface area contributed by atoms with Gasteiger partial charge in [0.05, 0.1) is 6.42 Å². The average molecular weight is 577 g/mol. The van der Waals surface area contributed by atoms with E-state index in [1.54, 1.807) is 39.0 Å². The Morgan fingerprint density at radius 2 is 1.95 bits per heavy atom. The Balaban J connectivity index is 2.37. The van der Waals surface area contributed by atoms with Crippen LogP contribution in [0.2, 0.25) is 0 Å². The summed E-state index contributed by atoms with van der Waals surface area (Å²) in [5.74, 6) is -2.04. The predicted molar refractivity (Wildman–Crippen MR) is 152 cm³/mol. The number of nitrogens with one attached hydrogen (secondary N) is 3. The van der Waals surface area contributed by atoms with E-state index in [9.17, 15) is 24.0 Å². The van der Waals surface area contributed by atoms with Gasteiger partial charge in [0, 0.05) is 36.2 Å². The van der Waals surface area contributed by atoms with Crippen LogP contribution in [0.15, 0.2) is 41.0 Å². The minimum atomic E-state index is -1.03. The smallest absolute Gasteiger partial charge is 0.329 e. The number of thioether (sulfide) groups is 2. The molecule has 12 heteroatoms. The first-order chi connectivity index (χ1) is 18.5. The summed E-state index contributed by atoms with van der Waals surface area (Å²) in [5.41, 5.74) is 0.707. The number of nitrogens with zero attached hydrogens (tertiary/aromatic N) is 1. The van der Waals surface area contributed by atoms with Crippen LogP contribution in [-0.2, 0) is 30.3 Å². The molecular weight excluding hydrogens is 540 g/mol. The summed E-state index contributed by atoms with van der Waals surface area (Å²) in [6.07, 6.45) is 6.63. The van der Waals surface area contributed by atoms with Crippen LogP contribution in [0.25, 0.3) is 0 Å². The molecule has 10 nitrogen and oxygen atoms in total. The minimum absolute atomic E-state index is 0.00611. The Morgan fingerprint density at radius 1 is 1.21 bits per heavy atom. The fraction of sp³-hybridized carbons (Fsp3) is 0.481. The van der Waals surface area contributed by atoms with Crippen molar-refractivity contribution in [2.75, 3.05) is 18.6 Å². The Labute approximate surface area is 237 Å². The number of cyclic esters (lactones) is 1. The van der Waals surface area contributed by atoms with Gasteiger partial charge < -0.3 is 20.7 Å². The highest BCUT2D eigenvalue weighted by atomic mass is 32.2. The summed E-state index contributed by atoms with van der Waals surface area (Å²) in [7, 11) is 0. The maximum absolute atomic E-state index is 13.1. The van der Waals surface area contributed by atoms with Crippen LogP contribution in [-0.4, -0.2) is 64.5 Å². The zero-order valence-electron chi connectivity index (χ0n) is 22.9. The Bertz CT molecular complexity index is 1140. The van der Waals surface area contributed by atoms with Crippen molar-refractivity contribution in [3.05, 3.63) is 47.4 Å². The number of rotatable bonds is 6. The molecule has 2 bridgehead atoms. The van der Waals surface area contributed by atoms with E-state index >= 15 is 0 Å². The van der Waals surface area contributed by atoms with Crippen molar-refractivity contribution in [1.82, 2.24) is 20.9 Å². The van der Waals surface area contributed by atoms with E-state index in [2.05, 4.69) is 20.9 Å². The molecule has 2 atom stereocenters. The standard InChI is InChI=1S/C27H36N4O6S2/c1-6-21-25(34)31-24(16(2)3)27(36)37-19(9-7-8-12-39-17(4)32)14-23(33)28-11-10-18-13-20(38-5)15-22(29-18)26(35)30-21/h6-7,9,13,15-16,19,24H,8,10-12,14H2,1-5H3,(H,28,33)(H,30,35)(H,31,34)/b9-7+,21-6-/t19-,24+/m1/s1. The Hall–Kier alpha value is -3.12. The number of pyridine rings is 1. The molecule has 3 amide bonds. The lowest BCUT2D eigenvalue weighted by molar-refractivity contribution is -0.153. The van der Waals surface area contributed by atoms with Crippen molar-refractivity contribution in [3.63, 3.8) is 0 Å². The number of carbonyl (C=O) groups is 5. The molecule has 0 saturated heterocycles. The molecule has 212 valence electrons. The van der Waals surface area contributed by atoms with Crippen molar-refractivity contribution in [3.8, 4) is 0 Å². The summed E-state index contributed by atoms with van der Waals surface area (Å²) in [6, 6.07) is 2.43. The van der Waals surface area contributed by atoms with Gasteiger partial charge in [-0.15, -0.1) is 11.8 Å². The molecular formula is C27H36N4O6S2. The van der Waals surface area contributed by atoms with Crippen molar-refractivity contribution < 1.29 is 28.7 Å². The molecule has 0 unspecified atom stereocenters. The number of hydrogen-bond acceptors (Lipinski definition) is 9. The largest absolute Gasteiger partial charge is 0.456 e. The van der Waals surface area contributed by atoms with E-state index in [0.717, 1.165) is 4.90 Å². The number of esters is 1. The monoisotopic (exact) mass is 576 g/mol. The molecule has 2 heterocycles. The molecule has 2 rings (SSSR count). The number of allylic oxidation sites excluding steroid dienone is 2.